The largest absolute Gasteiger partial charge is 0.485 e. The molecule has 2 heterocycles. The Balaban J connectivity index is 1.68. The van der Waals surface area contributed by atoms with Crippen LogP contribution < -0.4 is 4.74 Å². The molecule has 3 nitrogen and oxygen atoms in total. The van der Waals surface area contributed by atoms with E-state index in [-0.39, 0.29) is 0 Å². The summed E-state index contributed by atoms with van der Waals surface area (Å²) in [4.78, 5) is 3.21. The van der Waals surface area contributed by atoms with Crippen LogP contribution in [0.1, 0.15) is 5.76 Å². The molecule has 1 N–H and O–H groups in total. The summed E-state index contributed by atoms with van der Waals surface area (Å²) >= 11 is 0. The summed E-state index contributed by atoms with van der Waals surface area (Å²) < 4.78 is 11.2. The molecule has 3 heteroatoms. The maximum atomic E-state index is 5.93. The molecule has 0 radical (unpaired) electrons. The summed E-state index contributed by atoms with van der Waals surface area (Å²) in [6.07, 6.45) is 3.61. The van der Waals surface area contributed by atoms with Gasteiger partial charge in [-0.3, -0.25) is 0 Å². The van der Waals surface area contributed by atoms with Gasteiger partial charge in [0.05, 0.1) is 6.26 Å². The molecule has 0 fully saturated rings. The van der Waals surface area contributed by atoms with Gasteiger partial charge < -0.3 is 14.1 Å². The normalized spacial score (nSPS) is 10.9. The minimum atomic E-state index is 0.427. The van der Waals surface area contributed by atoms with Crippen LogP contribution in [0.4, 0.5) is 0 Å². The third-order valence-electron chi connectivity index (χ3n) is 3.70. The molecule has 0 saturated carbocycles. The number of H-pyrrole nitrogens is 1. The monoisotopic (exact) mass is 289 g/mol. The maximum absolute atomic E-state index is 5.93. The van der Waals surface area contributed by atoms with E-state index in [1.165, 1.54) is 5.39 Å². The molecular weight excluding hydrogens is 274 g/mol. The average molecular weight is 289 g/mol. The van der Waals surface area contributed by atoms with E-state index in [4.69, 9.17) is 9.15 Å². The van der Waals surface area contributed by atoms with Crippen molar-refractivity contribution in [1.29, 1.82) is 0 Å². The summed E-state index contributed by atoms with van der Waals surface area (Å²) in [5.74, 6) is 1.67. The number of fused-ring (bicyclic) bond motifs is 1. The highest BCUT2D eigenvalue weighted by molar-refractivity contribution is 5.86. The quantitative estimate of drug-likeness (QED) is 0.573. The number of nitrogens with one attached hydrogen (secondary N) is 1. The molecule has 0 spiro atoms. The molecule has 0 amide bonds. The molecule has 2 aromatic heterocycles. The second-order valence-corrected chi connectivity index (χ2v) is 5.14. The average Bonchev–Trinajstić information content (AvgIpc) is 3.24. The van der Waals surface area contributed by atoms with Crippen LogP contribution in [-0.2, 0) is 6.61 Å². The van der Waals surface area contributed by atoms with Gasteiger partial charge in [-0.25, -0.2) is 0 Å². The molecule has 0 bridgehead atoms. The van der Waals surface area contributed by atoms with Crippen LogP contribution in [0.2, 0.25) is 0 Å². The highest BCUT2D eigenvalue weighted by Crippen LogP contribution is 2.32. The molecule has 4 aromatic rings. The van der Waals surface area contributed by atoms with Gasteiger partial charge in [-0.1, -0.05) is 24.3 Å². The van der Waals surface area contributed by atoms with Crippen molar-refractivity contribution in [3.63, 3.8) is 0 Å². The first kappa shape index (κ1) is 12.8. The van der Waals surface area contributed by atoms with Crippen molar-refractivity contribution in [2.45, 2.75) is 6.61 Å². The topological polar surface area (TPSA) is 38.2 Å². The van der Waals surface area contributed by atoms with E-state index in [0.717, 1.165) is 28.2 Å². The fourth-order valence-electron chi connectivity index (χ4n) is 2.60. The summed E-state index contributed by atoms with van der Waals surface area (Å²) in [6, 6.07) is 20.3. The lowest BCUT2D eigenvalue weighted by molar-refractivity contribution is 0.271. The number of hydrogen-bond acceptors (Lipinski definition) is 2. The summed E-state index contributed by atoms with van der Waals surface area (Å²) in [7, 11) is 0. The van der Waals surface area contributed by atoms with Crippen molar-refractivity contribution in [3.05, 3.63) is 78.9 Å². The Morgan fingerprint density at radius 2 is 1.91 bits per heavy atom. The predicted molar refractivity (Wildman–Crippen MR) is 86.8 cm³/mol. The highest BCUT2D eigenvalue weighted by Gasteiger charge is 2.08. The van der Waals surface area contributed by atoms with E-state index in [0.29, 0.717) is 6.61 Å². The molecule has 22 heavy (non-hydrogen) atoms. The maximum Gasteiger partial charge on any atom is 0.146 e. The third-order valence-corrected chi connectivity index (χ3v) is 3.70. The Kier molecular flexibility index (Phi) is 3.16. The van der Waals surface area contributed by atoms with E-state index in [2.05, 4.69) is 35.3 Å². The first-order chi connectivity index (χ1) is 10.9. The molecule has 4 rings (SSSR count). The molecule has 0 aliphatic heterocycles. The summed E-state index contributed by atoms with van der Waals surface area (Å²) in [5.41, 5.74) is 3.36. The van der Waals surface area contributed by atoms with Gasteiger partial charge >= 0.3 is 0 Å². The minimum Gasteiger partial charge on any atom is -0.485 e. The minimum absolute atomic E-state index is 0.427. The first-order valence-corrected chi connectivity index (χ1v) is 7.22. The van der Waals surface area contributed by atoms with Gasteiger partial charge in [0.1, 0.15) is 18.1 Å². The fourth-order valence-corrected chi connectivity index (χ4v) is 2.60. The van der Waals surface area contributed by atoms with Crippen molar-refractivity contribution in [2.24, 2.45) is 0 Å². The number of aromatic amines is 1. The Morgan fingerprint density at radius 1 is 0.955 bits per heavy atom. The van der Waals surface area contributed by atoms with Crippen LogP contribution in [0, 0.1) is 0 Å². The fraction of sp³-hybridized carbons (Fsp3) is 0.0526. The van der Waals surface area contributed by atoms with Gasteiger partial charge in [-0.05, 0) is 47.3 Å². The Morgan fingerprint density at radius 3 is 2.82 bits per heavy atom. The van der Waals surface area contributed by atoms with Gasteiger partial charge in [-0.15, -0.1) is 0 Å². The zero-order valence-corrected chi connectivity index (χ0v) is 12.0. The molecule has 0 unspecified atom stereocenters. The van der Waals surface area contributed by atoms with E-state index in [1.807, 2.05) is 36.5 Å². The smallest absolute Gasteiger partial charge is 0.146 e. The van der Waals surface area contributed by atoms with Crippen LogP contribution in [0.5, 0.6) is 5.75 Å². The second kappa shape index (κ2) is 5.45. The van der Waals surface area contributed by atoms with E-state index in [9.17, 15) is 0 Å². The Hall–Kier alpha value is -2.94. The van der Waals surface area contributed by atoms with Crippen LogP contribution in [0.25, 0.3) is 22.0 Å². The summed E-state index contributed by atoms with van der Waals surface area (Å²) in [6.45, 7) is 0.427. The van der Waals surface area contributed by atoms with Crippen molar-refractivity contribution >= 4 is 10.9 Å². The first-order valence-electron chi connectivity index (χ1n) is 7.22. The van der Waals surface area contributed by atoms with Crippen molar-refractivity contribution < 1.29 is 9.15 Å². The number of benzene rings is 2. The zero-order chi connectivity index (χ0) is 14.8. The van der Waals surface area contributed by atoms with Gasteiger partial charge in [0, 0.05) is 17.3 Å². The Bertz CT molecular complexity index is 891. The third kappa shape index (κ3) is 2.37. The lowest BCUT2D eigenvalue weighted by Crippen LogP contribution is -1.95. The molecule has 0 aliphatic carbocycles. The summed E-state index contributed by atoms with van der Waals surface area (Å²) in [5, 5.41) is 1.19. The molecule has 108 valence electrons. The molecule has 2 aromatic carbocycles. The number of aromatic nitrogens is 1. The van der Waals surface area contributed by atoms with Crippen LogP contribution >= 0.6 is 0 Å². The SMILES string of the molecule is c1coc(COc2ccccc2-c2ccc3[nH]ccc3c2)c1. The second-order valence-electron chi connectivity index (χ2n) is 5.14. The van der Waals surface area contributed by atoms with Crippen molar-refractivity contribution in [1.82, 2.24) is 4.98 Å². The van der Waals surface area contributed by atoms with Crippen molar-refractivity contribution in [2.75, 3.05) is 0 Å². The number of ether oxygens (including phenoxy) is 1. The van der Waals surface area contributed by atoms with Gasteiger partial charge in [0.15, 0.2) is 0 Å². The number of rotatable bonds is 4. The van der Waals surface area contributed by atoms with Gasteiger partial charge in [0.2, 0.25) is 0 Å². The molecule has 0 saturated heterocycles. The lowest BCUT2D eigenvalue weighted by atomic mass is 10.0. The molecule has 0 atom stereocenters. The van der Waals surface area contributed by atoms with E-state index < -0.39 is 0 Å². The predicted octanol–water partition coefficient (Wildman–Crippen LogP) is 5.01. The lowest BCUT2D eigenvalue weighted by Gasteiger charge is -2.11. The molecule has 0 aliphatic rings. The zero-order valence-electron chi connectivity index (χ0n) is 12.0. The number of furan rings is 1. The highest BCUT2D eigenvalue weighted by atomic mass is 16.5. The van der Waals surface area contributed by atoms with E-state index in [1.54, 1.807) is 6.26 Å². The van der Waals surface area contributed by atoms with Crippen LogP contribution in [0.15, 0.2) is 77.5 Å². The van der Waals surface area contributed by atoms with Crippen LogP contribution in [-0.4, -0.2) is 4.98 Å². The van der Waals surface area contributed by atoms with E-state index >= 15 is 0 Å². The van der Waals surface area contributed by atoms with Crippen molar-refractivity contribution in [3.8, 4) is 16.9 Å². The Labute approximate surface area is 128 Å². The number of para-hydroxylation sites is 1. The van der Waals surface area contributed by atoms with Crippen LogP contribution in [0.3, 0.4) is 0 Å². The number of hydrogen-bond donors (Lipinski definition) is 1. The molecular formula is C19H15NO2. The van der Waals surface area contributed by atoms with Gasteiger partial charge in [0.25, 0.3) is 0 Å². The standard InChI is InChI=1S/C19H15NO2/c1-2-6-19(22-13-16-4-3-11-21-16)17(5-1)14-7-8-18-15(12-14)9-10-20-18/h1-12,20H,13H2. The van der Waals surface area contributed by atoms with Gasteiger partial charge in [-0.2, -0.15) is 0 Å².